The molecule has 0 saturated heterocycles. The molecule has 1 amide bonds. The zero-order chi connectivity index (χ0) is 29.7. The predicted octanol–water partition coefficient (Wildman–Crippen LogP) is -2.77. The summed E-state index contributed by atoms with van der Waals surface area (Å²) >= 11 is 0. The van der Waals surface area contributed by atoms with Gasteiger partial charge in [0.15, 0.2) is 18.7 Å². The lowest BCUT2D eigenvalue weighted by molar-refractivity contribution is -0.269. The minimum absolute atomic E-state index is 0.111. The summed E-state index contributed by atoms with van der Waals surface area (Å²) < 4.78 is 23.4. The third-order valence-corrected chi connectivity index (χ3v) is 6.66. The van der Waals surface area contributed by atoms with Crippen LogP contribution in [0.3, 0.4) is 0 Å². The summed E-state index contributed by atoms with van der Waals surface area (Å²) in [7, 11) is 0. The van der Waals surface area contributed by atoms with Gasteiger partial charge in [0.25, 0.3) is 0 Å². The molecule has 0 aromatic rings. The summed E-state index contributed by atoms with van der Waals surface area (Å²) in [5.74, 6) is -1.15. The van der Waals surface area contributed by atoms with Crippen LogP contribution in [0.4, 0.5) is 0 Å². The summed E-state index contributed by atoms with van der Waals surface area (Å²) in [5.41, 5.74) is 11.9. The van der Waals surface area contributed by atoms with Crippen molar-refractivity contribution in [1.29, 1.82) is 0 Å². The Hall–Kier alpha value is -1.92. The van der Waals surface area contributed by atoms with Gasteiger partial charge in [-0.15, -0.1) is 0 Å². The number of rotatable bonds is 18. The molecule has 1 aliphatic heterocycles. The highest BCUT2D eigenvalue weighted by Gasteiger charge is 2.47. The number of carbonyl (C=O) groups excluding carboxylic acids is 1. The number of hydrogen-bond acceptors (Lipinski definition) is 13. The van der Waals surface area contributed by atoms with E-state index in [1.165, 1.54) is 0 Å². The maximum atomic E-state index is 12.5. The Morgan fingerprint density at radius 1 is 1.27 bits per heavy atom. The lowest BCUT2D eigenvalue weighted by Crippen LogP contribution is -2.66. The SMILES string of the molecule is CC[C@@H](O)[C@H](OCCO)O[C@@H]1[C@@H](O)[C@H](O[C@@H]2CCC=C(CNC[C@H](O)C(=O)O)O2)[C@@H](N)C[C@H]1NC(=O)CCCN. The second-order valence-electron chi connectivity index (χ2n) is 9.88. The van der Waals surface area contributed by atoms with Crippen LogP contribution >= 0.6 is 0 Å². The van der Waals surface area contributed by atoms with Crippen LogP contribution in [0, 0.1) is 0 Å². The van der Waals surface area contributed by atoms with Crippen molar-refractivity contribution in [1.82, 2.24) is 10.6 Å². The van der Waals surface area contributed by atoms with Gasteiger partial charge in [-0.3, -0.25) is 4.79 Å². The molecule has 0 aromatic heterocycles. The normalized spacial score (nSPS) is 29.1. The quantitative estimate of drug-likeness (QED) is 0.0747. The van der Waals surface area contributed by atoms with E-state index in [1.54, 1.807) is 6.92 Å². The maximum Gasteiger partial charge on any atom is 0.333 e. The number of aliphatic carboxylic acids is 1. The van der Waals surface area contributed by atoms with Crippen molar-refractivity contribution in [3.8, 4) is 0 Å². The molecule has 2 aliphatic rings. The first-order valence-electron chi connectivity index (χ1n) is 13.7. The van der Waals surface area contributed by atoms with Crippen molar-refractivity contribution in [3.63, 3.8) is 0 Å². The van der Waals surface area contributed by atoms with Crippen LogP contribution in [-0.2, 0) is 28.5 Å². The standard InChI is InChI=1S/C25H46N4O11/c1-2-17(31)25(37-10-9-30)40-23-16(29-19(33)6-4-8-26)11-15(27)22(21(23)34)39-20-7-3-5-14(38-20)12-28-13-18(32)24(35)36/h5,15-18,20-23,25,28,30-32,34H,2-4,6-13,26-27H2,1H3,(H,29,33)(H,35,36)/t15-,16+,17+,18-,20+,21-,22+,23-,25+/m0/s1. The highest BCUT2D eigenvalue weighted by Crippen LogP contribution is 2.30. The number of nitrogens with two attached hydrogens (primary N) is 2. The molecule has 9 atom stereocenters. The maximum absolute atomic E-state index is 12.5. The van der Waals surface area contributed by atoms with Crippen molar-refractivity contribution in [2.45, 2.75) is 101 Å². The predicted molar refractivity (Wildman–Crippen MR) is 140 cm³/mol. The number of aliphatic hydroxyl groups excluding tert-OH is 4. The summed E-state index contributed by atoms with van der Waals surface area (Å²) in [6, 6.07) is -1.45. The summed E-state index contributed by atoms with van der Waals surface area (Å²) in [6.07, 6.45) is -4.03. The molecule has 0 unspecified atom stereocenters. The minimum atomic E-state index is -1.55. The van der Waals surface area contributed by atoms with Gasteiger partial charge >= 0.3 is 5.97 Å². The average Bonchev–Trinajstić information content (AvgIpc) is 2.93. The Kier molecular flexibility index (Phi) is 15.3. The Bertz CT molecular complexity index is 805. The molecule has 11 N–H and O–H groups in total. The molecule has 0 bridgehead atoms. The monoisotopic (exact) mass is 578 g/mol. The third kappa shape index (κ3) is 10.8. The fourth-order valence-corrected chi connectivity index (χ4v) is 4.50. The Morgan fingerprint density at radius 2 is 2.02 bits per heavy atom. The van der Waals surface area contributed by atoms with Crippen molar-refractivity contribution in [2.75, 3.05) is 32.8 Å². The van der Waals surface area contributed by atoms with Gasteiger partial charge in [-0.05, 0) is 38.3 Å². The van der Waals surface area contributed by atoms with E-state index in [2.05, 4.69) is 10.6 Å². The molecule has 1 saturated carbocycles. The average molecular weight is 579 g/mol. The minimum Gasteiger partial charge on any atom is -0.479 e. The molecule has 15 nitrogen and oxygen atoms in total. The van der Waals surface area contributed by atoms with E-state index in [0.29, 0.717) is 31.6 Å². The second kappa shape index (κ2) is 17.8. The van der Waals surface area contributed by atoms with Crippen molar-refractivity contribution in [3.05, 3.63) is 11.8 Å². The second-order valence-corrected chi connectivity index (χ2v) is 9.88. The van der Waals surface area contributed by atoms with Crippen molar-refractivity contribution < 1.29 is 54.1 Å². The number of aliphatic hydroxyl groups is 4. The summed E-state index contributed by atoms with van der Waals surface area (Å²) in [6.45, 7) is 1.62. The number of nitrogens with one attached hydrogen (secondary N) is 2. The van der Waals surface area contributed by atoms with E-state index in [1.807, 2.05) is 6.08 Å². The van der Waals surface area contributed by atoms with E-state index in [0.717, 1.165) is 0 Å². The molecular formula is C25H46N4O11. The van der Waals surface area contributed by atoms with E-state index >= 15 is 0 Å². The van der Waals surface area contributed by atoms with Crippen LogP contribution in [-0.4, -0.2) is 125 Å². The van der Waals surface area contributed by atoms with Crippen LogP contribution in [0.1, 0.15) is 45.4 Å². The number of carbonyl (C=O) groups is 2. The molecule has 0 spiro atoms. The number of amides is 1. The van der Waals surface area contributed by atoms with Gasteiger partial charge in [-0.2, -0.15) is 0 Å². The van der Waals surface area contributed by atoms with Gasteiger partial charge < -0.3 is 66.6 Å². The van der Waals surface area contributed by atoms with Crippen LogP contribution < -0.4 is 22.1 Å². The Morgan fingerprint density at radius 3 is 2.67 bits per heavy atom. The number of carboxylic acid groups (broad SMARTS) is 1. The molecule has 40 heavy (non-hydrogen) atoms. The first kappa shape index (κ1) is 34.3. The smallest absolute Gasteiger partial charge is 0.333 e. The van der Waals surface area contributed by atoms with Gasteiger partial charge in [0.2, 0.25) is 5.91 Å². The van der Waals surface area contributed by atoms with E-state index in [9.17, 15) is 30.0 Å². The van der Waals surface area contributed by atoms with Crippen molar-refractivity contribution in [2.24, 2.45) is 11.5 Å². The zero-order valence-electron chi connectivity index (χ0n) is 22.9. The van der Waals surface area contributed by atoms with E-state index < -0.39 is 61.2 Å². The molecule has 1 aliphatic carbocycles. The molecule has 1 heterocycles. The molecule has 0 radical (unpaired) electrons. The molecule has 1 fully saturated rings. The largest absolute Gasteiger partial charge is 0.479 e. The van der Waals surface area contributed by atoms with E-state index in [-0.39, 0.29) is 51.5 Å². The highest BCUT2D eigenvalue weighted by atomic mass is 16.7. The van der Waals surface area contributed by atoms with Crippen molar-refractivity contribution >= 4 is 11.9 Å². The summed E-state index contributed by atoms with van der Waals surface area (Å²) in [4.78, 5) is 23.3. The number of ether oxygens (including phenoxy) is 4. The van der Waals surface area contributed by atoms with Gasteiger partial charge in [-0.1, -0.05) is 6.92 Å². The Labute approximate surface area is 233 Å². The van der Waals surface area contributed by atoms with Crippen LogP contribution in [0.5, 0.6) is 0 Å². The van der Waals surface area contributed by atoms with Gasteiger partial charge in [0, 0.05) is 25.4 Å². The third-order valence-electron chi connectivity index (χ3n) is 6.66. The van der Waals surface area contributed by atoms with Gasteiger partial charge in [0.1, 0.15) is 30.2 Å². The topological polar surface area (TPSA) is 248 Å². The van der Waals surface area contributed by atoms with Crippen LogP contribution in [0.15, 0.2) is 11.8 Å². The number of carboxylic acids is 1. The fourth-order valence-electron chi connectivity index (χ4n) is 4.50. The molecule has 232 valence electrons. The van der Waals surface area contributed by atoms with Crippen LogP contribution in [0.2, 0.25) is 0 Å². The van der Waals surface area contributed by atoms with Gasteiger partial charge in [-0.25, -0.2) is 4.79 Å². The summed E-state index contributed by atoms with van der Waals surface area (Å²) in [5, 5.41) is 54.9. The molecule has 0 aromatic carbocycles. The zero-order valence-corrected chi connectivity index (χ0v) is 22.9. The lowest BCUT2D eigenvalue weighted by Gasteiger charge is -2.45. The first-order chi connectivity index (χ1) is 19.1. The highest BCUT2D eigenvalue weighted by molar-refractivity contribution is 5.76. The Balaban J connectivity index is 2.12. The van der Waals surface area contributed by atoms with Crippen LogP contribution in [0.25, 0.3) is 0 Å². The number of hydrogen-bond donors (Lipinski definition) is 9. The molecule has 2 rings (SSSR count). The lowest BCUT2D eigenvalue weighted by atomic mass is 9.83. The first-order valence-corrected chi connectivity index (χ1v) is 13.7. The number of allylic oxidation sites excluding steroid dienone is 1. The fraction of sp³-hybridized carbons (Fsp3) is 0.840. The molecular weight excluding hydrogens is 532 g/mol. The van der Waals surface area contributed by atoms with E-state index in [4.69, 9.17) is 35.5 Å². The van der Waals surface area contributed by atoms with Gasteiger partial charge in [0.05, 0.1) is 25.8 Å². The molecule has 15 heteroatoms.